The fraction of sp³-hybridized carbons (Fsp3) is 0.0714. The summed E-state index contributed by atoms with van der Waals surface area (Å²) in [5.41, 5.74) is 0.730. The standard InChI is InChI=1S/C14H11FO3/c1-18-14(17)9-6-7-12(15)11(8-9)10-4-2-3-5-13(10)16/h2-8,16H,1H3. The second-order valence-electron chi connectivity index (χ2n) is 3.70. The van der Waals surface area contributed by atoms with Gasteiger partial charge in [0.2, 0.25) is 0 Å². The van der Waals surface area contributed by atoms with Crippen LogP contribution in [0.1, 0.15) is 10.4 Å². The molecule has 92 valence electrons. The number of carbonyl (C=O) groups is 1. The summed E-state index contributed by atoms with van der Waals surface area (Å²) in [5.74, 6) is -1.10. The van der Waals surface area contributed by atoms with Gasteiger partial charge in [-0.3, -0.25) is 0 Å². The summed E-state index contributed by atoms with van der Waals surface area (Å²) in [6, 6.07) is 10.2. The van der Waals surface area contributed by atoms with Gasteiger partial charge in [-0.15, -0.1) is 0 Å². The Labute approximate surface area is 103 Å². The predicted octanol–water partition coefficient (Wildman–Crippen LogP) is 2.98. The van der Waals surface area contributed by atoms with Crippen molar-refractivity contribution in [1.29, 1.82) is 0 Å². The normalized spacial score (nSPS) is 10.1. The molecule has 2 aromatic rings. The predicted molar refractivity (Wildman–Crippen MR) is 64.8 cm³/mol. The number of ether oxygens (including phenoxy) is 1. The SMILES string of the molecule is COC(=O)c1ccc(F)c(-c2ccccc2O)c1. The molecule has 0 amide bonds. The summed E-state index contributed by atoms with van der Waals surface area (Å²) in [7, 11) is 1.26. The van der Waals surface area contributed by atoms with Crippen LogP contribution in [0.4, 0.5) is 4.39 Å². The van der Waals surface area contributed by atoms with Crippen molar-refractivity contribution in [3.05, 3.63) is 53.8 Å². The van der Waals surface area contributed by atoms with Crippen LogP contribution in [-0.4, -0.2) is 18.2 Å². The molecular weight excluding hydrogens is 235 g/mol. The molecule has 0 heterocycles. The van der Waals surface area contributed by atoms with E-state index in [-0.39, 0.29) is 16.9 Å². The number of methoxy groups -OCH3 is 1. The highest BCUT2D eigenvalue weighted by atomic mass is 19.1. The number of halogens is 1. The van der Waals surface area contributed by atoms with Gasteiger partial charge in [0.05, 0.1) is 12.7 Å². The van der Waals surface area contributed by atoms with E-state index in [2.05, 4.69) is 4.74 Å². The minimum Gasteiger partial charge on any atom is -0.507 e. The van der Waals surface area contributed by atoms with Crippen molar-refractivity contribution in [2.24, 2.45) is 0 Å². The fourth-order valence-corrected chi connectivity index (χ4v) is 1.68. The maximum atomic E-state index is 13.7. The highest BCUT2D eigenvalue weighted by Gasteiger charge is 2.13. The maximum Gasteiger partial charge on any atom is 0.337 e. The van der Waals surface area contributed by atoms with Crippen molar-refractivity contribution in [3.8, 4) is 16.9 Å². The van der Waals surface area contributed by atoms with E-state index in [1.54, 1.807) is 18.2 Å². The van der Waals surface area contributed by atoms with E-state index in [1.165, 1.54) is 31.4 Å². The van der Waals surface area contributed by atoms with Crippen molar-refractivity contribution < 1.29 is 19.0 Å². The molecule has 2 rings (SSSR count). The molecule has 0 unspecified atom stereocenters. The number of phenols is 1. The molecule has 0 saturated heterocycles. The van der Waals surface area contributed by atoms with Crippen LogP contribution >= 0.6 is 0 Å². The molecule has 0 aliphatic carbocycles. The number of hydrogen-bond acceptors (Lipinski definition) is 3. The van der Waals surface area contributed by atoms with Gasteiger partial charge in [-0.05, 0) is 24.3 Å². The molecule has 0 fully saturated rings. The van der Waals surface area contributed by atoms with E-state index >= 15 is 0 Å². The number of benzene rings is 2. The number of para-hydroxylation sites is 1. The average Bonchev–Trinajstić information content (AvgIpc) is 2.39. The first kappa shape index (κ1) is 12.1. The van der Waals surface area contributed by atoms with Crippen LogP contribution in [0.2, 0.25) is 0 Å². The van der Waals surface area contributed by atoms with E-state index in [9.17, 15) is 14.3 Å². The molecule has 4 heteroatoms. The molecule has 0 aliphatic rings. The van der Waals surface area contributed by atoms with Gasteiger partial charge >= 0.3 is 5.97 Å². The Bertz CT molecular complexity index is 593. The van der Waals surface area contributed by atoms with Crippen LogP contribution in [0.15, 0.2) is 42.5 Å². The first-order chi connectivity index (χ1) is 8.63. The number of esters is 1. The van der Waals surface area contributed by atoms with Crippen molar-refractivity contribution in [3.63, 3.8) is 0 Å². The minimum absolute atomic E-state index is 0.0431. The summed E-state index contributed by atoms with van der Waals surface area (Å²) in [5, 5.41) is 9.69. The van der Waals surface area contributed by atoms with Crippen LogP contribution < -0.4 is 0 Å². The zero-order valence-corrected chi connectivity index (χ0v) is 9.68. The summed E-state index contributed by atoms with van der Waals surface area (Å²) in [4.78, 5) is 11.4. The molecule has 0 bridgehead atoms. The van der Waals surface area contributed by atoms with E-state index in [4.69, 9.17) is 0 Å². The van der Waals surface area contributed by atoms with Crippen molar-refractivity contribution in [1.82, 2.24) is 0 Å². The number of phenolic OH excluding ortho intramolecular Hbond substituents is 1. The van der Waals surface area contributed by atoms with Gasteiger partial charge < -0.3 is 9.84 Å². The molecule has 0 aliphatic heterocycles. The Morgan fingerprint density at radius 3 is 2.56 bits per heavy atom. The molecular formula is C14H11FO3. The lowest BCUT2D eigenvalue weighted by molar-refractivity contribution is 0.0600. The Morgan fingerprint density at radius 1 is 1.17 bits per heavy atom. The third-order valence-electron chi connectivity index (χ3n) is 2.58. The van der Waals surface area contributed by atoms with Gasteiger partial charge in [-0.25, -0.2) is 9.18 Å². The molecule has 0 spiro atoms. The number of hydrogen-bond donors (Lipinski definition) is 1. The summed E-state index contributed by atoms with van der Waals surface area (Å²) in [6.07, 6.45) is 0. The first-order valence-corrected chi connectivity index (χ1v) is 5.29. The van der Waals surface area contributed by atoms with Gasteiger partial charge in [-0.1, -0.05) is 18.2 Å². The lowest BCUT2D eigenvalue weighted by Gasteiger charge is -2.07. The lowest BCUT2D eigenvalue weighted by atomic mass is 10.0. The van der Waals surface area contributed by atoms with Crippen molar-refractivity contribution in [2.75, 3.05) is 7.11 Å². The van der Waals surface area contributed by atoms with Gasteiger partial charge in [0.15, 0.2) is 0 Å². The van der Waals surface area contributed by atoms with Gasteiger partial charge in [0.1, 0.15) is 11.6 Å². The van der Waals surface area contributed by atoms with E-state index in [0.29, 0.717) is 5.56 Å². The molecule has 0 saturated carbocycles. The summed E-state index contributed by atoms with van der Waals surface area (Å²) < 4.78 is 18.3. The number of aromatic hydroxyl groups is 1. The topological polar surface area (TPSA) is 46.5 Å². The monoisotopic (exact) mass is 246 g/mol. The number of rotatable bonds is 2. The zero-order valence-electron chi connectivity index (χ0n) is 9.68. The Balaban J connectivity index is 2.57. The molecule has 0 radical (unpaired) electrons. The van der Waals surface area contributed by atoms with Crippen LogP contribution in [0, 0.1) is 5.82 Å². The number of carbonyl (C=O) groups excluding carboxylic acids is 1. The van der Waals surface area contributed by atoms with Crippen LogP contribution in [-0.2, 0) is 4.74 Å². The Kier molecular flexibility index (Phi) is 3.28. The highest BCUT2D eigenvalue weighted by molar-refractivity contribution is 5.91. The van der Waals surface area contributed by atoms with E-state index < -0.39 is 11.8 Å². The van der Waals surface area contributed by atoms with Crippen molar-refractivity contribution >= 4 is 5.97 Å². The van der Waals surface area contributed by atoms with Crippen molar-refractivity contribution in [2.45, 2.75) is 0 Å². The average molecular weight is 246 g/mol. The van der Waals surface area contributed by atoms with Gasteiger partial charge in [-0.2, -0.15) is 0 Å². The molecule has 18 heavy (non-hydrogen) atoms. The summed E-state index contributed by atoms with van der Waals surface area (Å²) in [6.45, 7) is 0. The van der Waals surface area contributed by atoms with E-state index in [0.717, 1.165) is 0 Å². The Hall–Kier alpha value is -2.36. The molecule has 1 N–H and O–H groups in total. The molecule has 0 aromatic heterocycles. The van der Waals surface area contributed by atoms with E-state index in [1.807, 2.05) is 0 Å². The second kappa shape index (κ2) is 4.87. The quantitative estimate of drug-likeness (QED) is 0.828. The third kappa shape index (κ3) is 2.18. The second-order valence-corrected chi connectivity index (χ2v) is 3.70. The third-order valence-corrected chi connectivity index (χ3v) is 2.58. The Morgan fingerprint density at radius 2 is 1.89 bits per heavy atom. The van der Waals surface area contributed by atoms with Crippen LogP contribution in [0.25, 0.3) is 11.1 Å². The fourth-order valence-electron chi connectivity index (χ4n) is 1.68. The largest absolute Gasteiger partial charge is 0.507 e. The maximum absolute atomic E-state index is 13.7. The first-order valence-electron chi connectivity index (χ1n) is 5.29. The van der Waals surface area contributed by atoms with Gasteiger partial charge in [0, 0.05) is 11.1 Å². The smallest absolute Gasteiger partial charge is 0.337 e. The zero-order chi connectivity index (χ0) is 13.1. The lowest BCUT2D eigenvalue weighted by Crippen LogP contribution is -2.01. The van der Waals surface area contributed by atoms with Crippen LogP contribution in [0.3, 0.4) is 0 Å². The molecule has 2 aromatic carbocycles. The highest BCUT2D eigenvalue weighted by Crippen LogP contribution is 2.31. The molecule has 3 nitrogen and oxygen atoms in total. The summed E-state index contributed by atoms with van der Waals surface area (Å²) >= 11 is 0. The molecule has 0 atom stereocenters. The van der Waals surface area contributed by atoms with Gasteiger partial charge in [0.25, 0.3) is 0 Å². The minimum atomic E-state index is -0.549. The van der Waals surface area contributed by atoms with Crippen LogP contribution in [0.5, 0.6) is 5.75 Å².